The van der Waals surface area contributed by atoms with Crippen molar-refractivity contribution >= 4 is 18.3 Å². The Bertz CT molecular complexity index is 2300. The van der Waals surface area contributed by atoms with E-state index in [-0.39, 0.29) is 10.8 Å². The van der Waals surface area contributed by atoms with E-state index in [2.05, 4.69) is 48.5 Å². The van der Waals surface area contributed by atoms with Crippen molar-refractivity contribution in [1.29, 1.82) is 0 Å². The van der Waals surface area contributed by atoms with E-state index in [1.165, 1.54) is 0 Å². The lowest BCUT2D eigenvalue weighted by Crippen LogP contribution is -2.19. The highest BCUT2D eigenvalue weighted by Gasteiger charge is 2.25. The molecule has 6 aromatic carbocycles. The summed E-state index contributed by atoms with van der Waals surface area (Å²) >= 11 is 0. The van der Waals surface area contributed by atoms with E-state index in [0.717, 1.165) is 27.8 Å². The number of carbonyl (C=O) groups is 3. The van der Waals surface area contributed by atoms with Crippen molar-refractivity contribution in [3.8, 4) is 28.7 Å². The van der Waals surface area contributed by atoms with Gasteiger partial charge in [-0.05, 0) is 106 Å². The zero-order chi connectivity index (χ0) is 40.8. The summed E-state index contributed by atoms with van der Waals surface area (Å²) in [7, 11) is 0. The molecule has 0 fully saturated rings. The Hall–Kier alpha value is -6.67. The maximum atomic E-state index is 12.7. The van der Waals surface area contributed by atoms with Gasteiger partial charge >= 0.3 is 18.3 Å². The third-order valence-electron chi connectivity index (χ3n) is 10.0. The molecule has 57 heavy (non-hydrogen) atoms. The number of hydrogen-bond donors (Lipinski definition) is 0. The Balaban J connectivity index is 0.997. The third-order valence-corrected chi connectivity index (χ3v) is 10.0. The molecule has 6 aromatic rings. The molecule has 0 radical (unpaired) electrons. The van der Waals surface area contributed by atoms with E-state index >= 15 is 0 Å². The lowest BCUT2D eigenvalue weighted by atomic mass is 9.78. The molecule has 0 aliphatic carbocycles. The Morgan fingerprint density at radius 1 is 0.333 bits per heavy atom. The fraction of sp³-hybridized carbons (Fsp3) is 0.204. The lowest BCUT2D eigenvalue weighted by Gasteiger charge is -2.26. The molecule has 0 unspecified atom stereocenters. The average Bonchev–Trinajstić information content (AvgIpc) is 3.19. The minimum absolute atomic E-state index is 0.00418. The summed E-state index contributed by atoms with van der Waals surface area (Å²) < 4.78 is 27.3. The number of ether oxygens (including phenoxy) is 5. The zero-order valence-electron chi connectivity index (χ0n) is 33.2. The molecule has 0 atom stereocenters. The molecule has 0 aromatic heterocycles. The van der Waals surface area contributed by atoms with Gasteiger partial charge in [0.05, 0.1) is 5.56 Å². The van der Waals surface area contributed by atoms with E-state index < -0.39 is 23.7 Å². The Morgan fingerprint density at radius 2 is 0.596 bits per heavy atom. The molecule has 0 aliphatic heterocycles. The molecule has 0 saturated carbocycles. The molecule has 0 heterocycles. The van der Waals surface area contributed by atoms with Crippen molar-refractivity contribution in [2.75, 3.05) is 0 Å². The van der Waals surface area contributed by atoms with E-state index in [1.54, 1.807) is 84.9 Å². The number of carbonyl (C=O) groups excluding carboxylic acids is 3. The van der Waals surface area contributed by atoms with Gasteiger partial charge in [0, 0.05) is 10.8 Å². The molecular formula is C49H46O8. The van der Waals surface area contributed by atoms with Crippen molar-refractivity contribution in [2.24, 2.45) is 0 Å². The summed E-state index contributed by atoms with van der Waals surface area (Å²) in [4.78, 5) is 37.6. The van der Waals surface area contributed by atoms with Crippen LogP contribution in [0.15, 0.2) is 152 Å². The van der Waals surface area contributed by atoms with Crippen LogP contribution in [0.3, 0.4) is 0 Å². The monoisotopic (exact) mass is 762 g/mol. The second-order valence-corrected chi connectivity index (χ2v) is 15.8. The minimum atomic E-state index is -0.856. The molecule has 0 spiro atoms. The standard InChI is InChI=1S/C49H46O8/c1-47(2,3)34-13-23-40(24-14-34)54-45(51)55-41-29-19-37(20-30-41)49(6,7)38-21-31-43(32-22-38)57-46(52)56-42-27-17-36(18-28-42)48(4,5)35-15-25-39(26-16-35)53-44(50)33-11-9-8-10-12-33/h8-32H,1-7H3. The molecule has 290 valence electrons. The van der Waals surface area contributed by atoms with E-state index in [4.69, 9.17) is 23.7 Å². The largest absolute Gasteiger partial charge is 0.519 e. The van der Waals surface area contributed by atoms with Crippen LogP contribution in [-0.2, 0) is 16.2 Å². The summed E-state index contributed by atoms with van der Waals surface area (Å²) in [5.41, 5.74) is 4.80. The average molecular weight is 763 g/mol. The summed E-state index contributed by atoms with van der Waals surface area (Å²) in [5.74, 6) is 1.50. The molecule has 0 aliphatic rings. The van der Waals surface area contributed by atoms with Crippen molar-refractivity contribution in [3.63, 3.8) is 0 Å². The van der Waals surface area contributed by atoms with Gasteiger partial charge in [0.25, 0.3) is 0 Å². The fourth-order valence-corrected chi connectivity index (χ4v) is 6.28. The predicted molar refractivity (Wildman–Crippen MR) is 220 cm³/mol. The molecule has 6 rings (SSSR count). The van der Waals surface area contributed by atoms with Gasteiger partial charge in [-0.2, -0.15) is 0 Å². The first-order chi connectivity index (χ1) is 27.1. The van der Waals surface area contributed by atoms with E-state index in [0.29, 0.717) is 34.3 Å². The maximum Gasteiger partial charge on any atom is 0.519 e. The molecule has 0 saturated heterocycles. The van der Waals surface area contributed by atoms with Crippen LogP contribution >= 0.6 is 0 Å². The molecule has 0 N–H and O–H groups in total. The summed E-state index contributed by atoms with van der Waals surface area (Å²) in [5, 5.41) is 0. The normalized spacial score (nSPS) is 11.6. The molecule has 8 heteroatoms. The third kappa shape index (κ3) is 9.96. The maximum absolute atomic E-state index is 12.7. The van der Waals surface area contributed by atoms with Crippen LogP contribution in [-0.4, -0.2) is 18.3 Å². The fourth-order valence-electron chi connectivity index (χ4n) is 6.28. The van der Waals surface area contributed by atoms with Gasteiger partial charge in [-0.15, -0.1) is 0 Å². The van der Waals surface area contributed by atoms with E-state index in [1.807, 2.05) is 66.7 Å². The number of rotatable bonds is 10. The lowest BCUT2D eigenvalue weighted by molar-refractivity contribution is 0.0734. The van der Waals surface area contributed by atoms with Crippen molar-refractivity contribution in [3.05, 3.63) is 185 Å². The number of hydrogen-bond acceptors (Lipinski definition) is 8. The molecule has 0 amide bonds. The van der Waals surface area contributed by atoms with Gasteiger partial charge in [-0.3, -0.25) is 0 Å². The van der Waals surface area contributed by atoms with Crippen LogP contribution in [0.1, 0.15) is 86.6 Å². The van der Waals surface area contributed by atoms with Crippen molar-refractivity contribution < 1.29 is 38.1 Å². The Labute approximate surface area is 334 Å². The Kier molecular flexibility index (Phi) is 11.6. The quantitative estimate of drug-likeness (QED) is 0.0773. The van der Waals surface area contributed by atoms with Crippen LogP contribution in [0, 0.1) is 0 Å². The second-order valence-electron chi connectivity index (χ2n) is 15.8. The summed E-state index contributed by atoms with van der Waals surface area (Å²) in [6, 6.07) is 45.4. The van der Waals surface area contributed by atoms with Crippen molar-refractivity contribution in [2.45, 2.75) is 64.7 Å². The molecular weight excluding hydrogens is 717 g/mol. The smallest absolute Gasteiger partial charge is 0.423 e. The van der Waals surface area contributed by atoms with Crippen LogP contribution in [0.2, 0.25) is 0 Å². The molecule has 8 nitrogen and oxygen atoms in total. The van der Waals surface area contributed by atoms with Gasteiger partial charge in [0.2, 0.25) is 0 Å². The van der Waals surface area contributed by atoms with Crippen LogP contribution in [0.25, 0.3) is 0 Å². The number of esters is 1. The number of benzene rings is 6. The van der Waals surface area contributed by atoms with Gasteiger partial charge in [0.15, 0.2) is 0 Å². The van der Waals surface area contributed by atoms with Gasteiger partial charge in [0.1, 0.15) is 28.7 Å². The topological polar surface area (TPSA) is 97.4 Å². The highest BCUT2D eigenvalue weighted by atomic mass is 16.7. The first-order valence-electron chi connectivity index (χ1n) is 18.7. The highest BCUT2D eigenvalue weighted by Crippen LogP contribution is 2.35. The summed E-state index contributed by atoms with van der Waals surface area (Å²) in [6.07, 6.45) is -1.67. The SMILES string of the molecule is CC(C)(C)c1ccc(OC(=O)Oc2ccc(C(C)(C)c3ccc(OC(=O)Oc4ccc(C(C)(C)c5ccc(OC(=O)c6ccccc6)cc5)cc4)cc3)cc2)cc1. The van der Waals surface area contributed by atoms with Crippen LogP contribution < -0.4 is 23.7 Å². The van der Waals surface area contributed by atoms with Gasteiger partial charge in [-0.1, -0.05) is 127 Å². The predicted octanol–water partition coefficient (Wildman–Crippen LogP) is 12.0. The second kappa shape index (κ2) is 16.6. The zero-order valence-corrected chi connectivity index (χ0v) is 33.2. The van der Waals surface area contributed by atoms with Crippen molar-refractivity contribution in [1.82, 2.24) is 0 Å². The summed E-state index contributed by atoms with van der Waals surface area (Å²) in [6.45, 7) is 14.7. The first-order valence-corrected chi connectivity index (χ1v) is 18.7. The van der Waals surface area contributed by atoms with E-state index in [9.17, 15) is 14.4 Å². The van der Waals surface area contributed by atoms with Crippen LogP contribution in [0.5, 0.6) is 28.7 Å². The van der Waals surface area contributed by atoms with Gasteiger partial charge in [-0.25, -0.2) is 14.4 Å². The first kappa shape index (κ1) is 40.0. The highest BCUT2D eigenvalue weighted by molar-refractivity contribution is 5.91. The molecule has 0 bridgehead atoms. The van der Waals surface area contributed by atoms with Gasteiger partial charge < -0.3 is 23.7 Å². The Morgan fingerprint density at radius 3 is 0.877 bits per heavy atom. The minimum Gasteiger partial charge on any atom is -0.423 e. The van der Waals surface area contributed by atoms with Crippen LogP contribution in [0.4, 0.5) is 9.59 Å².